The van der Waals surface area contributed by atoms with Gasteiger partial charge in [0.2, 0.25) is 5.91 Å². The minimum Gasteiger partial charge on any atom is -0.497 e. The molecule has 34 heavy (non-hydrogen) atoms. The molecule has 1 heterocycles. The van der Waals surface area contributed by atoms with Crippen molar-refractivity contribution in [2.24, 2.45) is 0 Å². The van der Waals surface area contributed by atoms with Crippen LogP contribution in [0.15, 0.2) is 53.7 Å². The van der Waals surface area contributed by atoms with E-state index in [-0.39, 0.29) is 5.91 Å². The van der Waals surface area contributed by atoms with E-state index in [1.165, 1.54) is 11.8 Å². The summed E-state index contributed by atoms with van der Waals surface area (Å²) in [5.41, 5.74) is 0.773. The van der Waals surface area contributed by atoms with Gasteiger partial charge in [0.25, 0.3) is 0 Å². The second-order valence-electron chi connectivity index (χ2n) is 8.32. The number of nitrogens with one attached hydrogen (secondary N) is 1. The lowest BCUT2D eigenvalue weighted by molar-refractivity contribution is -0.121. The van der Waals surface area contributed by atoms with Gasteiger partial charge in [0.05, 0.1) is 23.5 Å². The Morgan fingerprint density at radius 3 is 2.53 bits per heavy atom. The fraction of sp³-hybridized carbons (Fsp3) is 0.360. The Kier molecular flexibility index (Phi) is 7.44. The predicted molar refractivity (Wildman–Crippen MR) is 133 cm³/mol. The average Bonchev–Trinajstić information content (AvgIpc) is 3.28. The molecule has 0 bridgehead atoms. The summed E-state index contributed by atoms with van der Waals surface area (Å²) in [4.78, 5) is 13.1. The highest BCUT2D eigenvalue weighted by Crippen LogP contribution is 2.34. The summed E-state index contributed by atoms with van der Waals surface area (Å²) in [6, 6.07) is 17.3. The number of carbonyl (C=O) groups is 1. The van der Waals surface area contributed by atoms with E-state index in [4.69, 9.17) is 16.3 Å². The summed E-state index contributed by atoms with van der Waals surface area (Å²) < 4.78 is 7.18. The molecule has 0 spiro atoms. The lowest BCUT2D eigenvalue weighted by Gasteiger charge is -2.32. The first kappa shape index (κ1) is 24.1. The third-order valence-corrected chi connectivity index (χ3v) is 7.39. The van der Waals surface area contributed by atoms with E-state index in [1.54, 1.807) is 13.2 Å². The van der Waals surface area contributed by atoms with E-state index in [9.17, 15) is 10.1 Å². The first-order chi connectivity index (χ1) is 16.5. The van der Waals surface area contributed by atoms with Crippen LogP contribution in [-0.4, -0.2) is 38.6 Å². The van der Waals surface area contributed by atoms with E-state index in [1.807, 2.05) is 54.0 Å². The maximum Gasteiger partial charge on any atom is 0.234 e. The second kappa shape index (κ2) is 10.5. The normalized spacial score (nSPS) is 15.8. The first-order valence-electron chi connectivity index (χ1n) is 11.2. The van der Waals surface area contributed by atoms with Crippen molar-refractivity contribution in [2.45, 2.75) is 55.0 Å². The summed E-state index contributed by atoms with van der Waals surface area (Å²) in [7, 11) is 1.62. The Labute approximate surface area is 208 Å². The first-order valence-corrected chi connectivity index (χ1v) is 12.5. The number of ether oxygens (including phenoxy) is 1. The molecular weight excluding hydrogens is 470 g/mol. The minimum absolute atomic E-state index is 0.183. The van der Waals surface area contributed by atoms with Crippen molar-refractivity contribution in [3.05, 3.63) is 53.6 Å². The average molecular weight is 496 g/mol. The maximum absolute atomic E-state index is 13.1. The topological polar surface area (TPSA) is 92.8 Å². The van der Waals surface area contributed by atoms with Gasteiger partial charge in [0.1, 0.15) is 11.3 Å². The van der Waals surface area contributed by atoms with E-state index in [0.29, 0.717) is 28.8 Å². The SMILES string of the molecule is COc1ccc(-n2c(SC(C)C(=O)NC3(C#N)CCCCC3)nnc2-c2ccccc2Cl)cc1. The third kappa shape index (κ3) is 5.06. The van der Waals surface area contributed by atoms with Crippen LogP contribution < -0.4 is 10.1 Å². The summed E-state index contributed by atoms with van der Waals surface area (Å²) in [5.74, 6) is 1.12. The van der Waals surface area contributed by atoms with Gasteiger partial charge in [0, 0.05) is 11.3 Å². The molecule has 0 radical (unpaired) electrons. The van der Waals surface area contributed by atoms with Gasteiger partial charge in [-0.15, -0.1) is 10.2 Å². The van der Waals surface area contributed by atoms with Crippen molar-refractivity contribution in [3.63, 3.8) is 0 Å². The number of methoxy groups -OCH3 is 1. The van der Waals surface area contributed by atoms with Crippen LogP contribution in [0.1, 0.15) is 39.0 Å². The van der Waals surface area contributed by atoms with Crippen molar-refractivity contribution >= 4 is 29.3 Å². The molecule has 176 valence electrons. The van der Waals surface area contributed by atoms with Crippen LogP contribution in [0, 0.1) is 11.3 Å². The van der Waals surface area contributed by atoms with Crippen LogP contribution in [0.5, 0.6) is 5.75 Å². The minimum atomic E-state index is -0.781. The summed E-state index contributed by atoms with van der Waals surface area (Å²) >= 11 is 7.76. The van der Waals surface area contributed by atoms with E-state index in [0.717, 1.165) is 36.3 Å². The molecule has 1 unspecified atom stereocenters. The number of nitrogens with zero attached hydrogens (tertiary/aromatic N) is 4. The smallest absolute Gasteiger partial charge is 0.234 e. The van der Waals surface area contributed by atoms with E-state index >= 15 is 0 Å². The molecule has 1 aliphatic rings. The van der Waals surface area contributed by atoms with Gasteiger partial charge in [-0.1, -0.05) is 54.8 Å². The number of hydrogen-bond donors (Lipinski definition) is 1. The molecule has 1 aromatic heterocycles. The van der Waals surface area contributed by atoms with Crippen molar-refractivity contribution in [2.75, 3.05) is 7.11 Å². The van der Waals surface area contributed by atoms with Crippen LogP contribution >= 0.6 is 23.4 Å². The molecule has 4 rings (SSSR count). The fourth-order valence-corrected chi connectivity index (χ4v) is 5.18. The predicted octanol–water partition coefficient (Wildman–Crippen LogP) is 5.42. The molecule has 7 nitrogen and oxygen atoms in total. The number of benzene rings is 2. The number of hydrogen-bond acceptors (Lipinski definition) is 6. The molecule has 1 atom stereocenters. The largest absolute Gasteiger partial charge is 0.497 e. The molecular formula is C25H26ClN5O2S. The summed E-state index contributed by atoms with van der Waals surface area (Å²) in [5, 5.41) is 22.2. The quantitative estimate of drug-likeness (QED) is 0.440. The maximum atomic E-state index is 13.1. The van der Waals surface area contributed by atoms with Gasteiger partial charge in [-0.05, 0) is 56.2 Å². The molecule has 1 N–H and O–H groups in total. The van der Waals surface area contributed by atoms with Crippen LogP contribution in [0.4, 0.5) is 0 Å². The molecule has 1 aliphatic carbocycles. The molecule has 1 saturated carbocycles. The molecule has 1 amide bonds. The van der Waals surface area contributed by atoms with Crippen LogP contribution in [-0.2, 0) is 4.79 Å². The molecule has 1 fully saturated rings. The number of thioether (sulfide) groups is 1. The van der Waals surface area contributed by atoms with E-state index < -0.39 is 10.8 Å². The lowest BCUT2D eigenvalue weighted by Crippen LogP contribution is -2.50. The molecule has 9 heteroatoms. The van der Waals surface area contributed by atoms with Gasteiger partial charge < -0.3 is 10.1 Å². The summed E-state index contributed by atoms with van der Waals surface area (Å²) in [6.07, 6.45) is 4.36. The Morgan fingerprint density at radius 1 is 1.18 bits per heavy atom. The van der Waals surface area contributed by atoms with Gasteiger partial charge >= 0.3 is 0 Å². The number of halogens is 1. The second-order valence-corrected chi connectivity index (χ2v) is 10.0. The molecule has 0 aliphatic heterocycles. The van der Waals surface area contributed by atoms with Crippen LogP contribution in [0.2, 0.25) is 5.02 Å². The zero-order valence-electron chi connectivity index (χ0n) is 19.1. The zero-order chi connectivity index (χ0) is 24.1. The van der Waals surface area contributed by atoms with Gasteiger partial charge in [-0.2, -0.15) is 5.26 Å². The summed E-state index contributed by atoms with van der Waals surface area (Å²) in [6.45, 7) is 1.82. The third-order valence-electron chi connectivity index (χ3n) is 6.01. The Hall–Kier alpha value is -3.02. The Balaban J connectivity index is 1.65. The number of nitriles is 1. The van der Waals surface area contributed by atoms with Crippen LogP contribution in [0.3, 0.4) is 0 Å². The van der Waals surface area contributed by atoms with Gasteiger partial charge in [-0.25, -0.2) is 0 Å². The van der Waals surface area contributed by atoms with E-state index in [2.05, 4.69) is 21.6 Å². The van der Waals surface area contributed by atoms with Crippen molar-refractivity contribution in [1.82, 2.24) is 20.1 Å². The Morgan fingerprint density at radius 2 is 1.88 bits per heavy atom. The number of aromatic nitrogens is 3. The highest BCUT2D eigenvalue weighted by atomic mass is 35.5. The monoisotopic (exact) mass is 495 g/mol. The number of amides is 1. The van der Waals surface area contributed by atoms with Crippen molar-refractivity contribution in [3.8, 4) is 28.9 Å². The number of carbonyl (C=O) groups excluding carboxylic acids is 1. The highest BCUT2D eigenvalue weighted by molar-refractivity contribution is 8.00. The lowest BCUT2D eigenvalue weighted by atomic mass is 9.83. The molecule has 3 aromatic rings. The highest BCUT2D eigenvalue weighted by Gasteiger charge is 2.35. The Bertz CT molecular complexity index is 1200. The van der Waals surface area contributed by atoms with Gasteiger partial charge in [0.15, 0.2) is 11.0 Å². The van der Waals surface area contributed by atoms with Gasteiger partial charge in [-0.3, -0.25) is 9.36 Å². The van der Waals surface area contributed by atoms with Crippen LogP contribution in [0.25, 0.3) is 17.1 Å². The standard InChI is InChI=1S/C25H26ClN5O2S/c1-17(23(32)28-25(16-27)14-6-3-7-15-25)34-24-30-29-22(20-8-4-5-9-21(20)26)31(24)18-10-12-19(33-2)13-11-18/h4-5,8-13,17H,3,6-7,14-15H2,1-2H3,(H,28,32). The molecule has 2 aromatic carbocycles. The van der Waals surface area contributed by atoms with Crippen molar-refractivity contribution < 1.29 is 9.53 Å². The molecule has 0 saturated heterocycles. The fourth-order valence-electron chi connectivity index (χ4n) is 4.10. The van der Waals surface area contributed by atoms with Crippen molar-refractivity contribution in [1.29, 1.82) is 5.26 Å². The number of rotatable bonds is 7. The zero-order valence-corrected chi connectivity index (χ0v) is 20.7.